The maximum Gasteiger partial charge on any atom is 0.457 e. The molecule has 4 heteroatoms. The predicted octanol–water partition coefficient (Wildman–Crippen LogP) is 1.20. The maximum absolute atomic E-state index is 9.76. The minimum atomic E-state index is -0.942. The minimum Gasteiger partial charge on any atom is -0.427 e. The third kappa shape index (κ3) is 2.69. The van der Waals surface area contributed by atoms with Crippen LogP contribution in [0.25, 0.3) is 0 Å². The third-order valence-electron chi connectivity index (χ3n) is 2.91. The first kappa shape index (κ1) is 11.0. The van der Waals surface area contributed by atoms with Crippen LogP contribution in [0.15, 0.2) is 0 Å². The van der Waals surface area contributed by atoms with Gasteiger partial charge in [-0.25, -0.2) is 0 Å². The molecule has 1 aliphatic carbocycles. The Morgan fingerprint density at radius 1 is 1.23 bits per heavy atom. The fourth-order valence-electron chi connectivity index (χ4n) is 0.924. The zero-order valence-corrected chi connectivity index (χ0v) is 8.87. The molecule has 1 rings (SSSR count). The van der Waals surface area contributed by atoms with Crippen LogP contribution in [-0.4, -0.2) is 28.5 Å². The molecular weight excluding hydrogens is 167 g/mol. The van der Waals surface area contributed by atoms with Crippen molar-refractivity contribution >= 4 is 7.12 Å². The number of rotatable bonds is 4. The van der Waals surface area contributed by atoms with E-state index in [0.29, 0.717) is 0 Å². The lowest BCUT2D eigenvalue weighted by Crippen LogP contribution is -2.50. The van der Waals surface area contributed by atoms with Crippen LogP contribution >= 0.6 is 0 Å². The Labute approximate surface area is 80.2 Å². The Hall–Kier alpha value is -0.0551. The van der Waals surface area contributed by atoms with Gasteiger partial charge in [-0.15, -0.1) is 0 Å². The molecule has 0 aromatic carbocycles. The smallest absolute Gasteiger partial charge is 0.427 e. The van der Waals surface area contributed by atoms with E-state index in [1.54, 1.807) is 27.7 Å². The highest BCUT2D eigenvalue weighted by Crippen LogP contribution is 2.40. The second-order valence-electron chi connectivity index (χ2n) is 4.92. The van der Waals surface area contributed by atoms with E-state index in [4.69, 9.17) is 4.65 Å². The molecule has 2 N–H and O–H groups in total. The minimum absolute atomic E-state index is 0.279. The molecule has 1 fully saturated rings. The maximum atomic E-state index is 9.76. The number of hydrogen-bond acceptors (Lipinski definition) is 3. The van der Waals surface area contributed by atoms with Gasteiger partial charge >= 0.3 is 7.12 Å². The summed E-state index contributed by atoms with van der Waals surface area (Å²) >= 11 is 0. The summed E-state index contributed by atoms with van der Waals surface area (Å²) in [6.45, 7) is 6.95. The molecule has 0 radical (unpaired) electrons. The van der Waals surface area contributed by atoms with Crippen LogP contribution in [-0.2, 0) is 4.65 Å². The normalized spacial score (nSPS) is 18.9. The van der Waals surface area contributed by atoms with Crippen molar-refractivity contribution in [3.63, 3.8) is 0 Å². The molecule has 0 spiro atoms. The Morgan fingerprint density at radius 3 is 2.00 bits per heavy atom. The summed E-state index contributed by atoms with van der Waals surface area (Å²) in [7, 11) is -0.721. The molecule has 3 nitrogen and oxygen atoms in total. The van der Waals surface area contributed by atoms with E-state index in [2.05, 4.69) is 0 Å². The molecule has 0 amide bonds. The molecule has 0 heterocycles. The molecule has 0 saturated heterocycles. The zero-order chi connectivity index (χ0) is 10.3. The van der Waals surface area contributed by atoms with Crippen LogP contribution in [0.4, 0.5) is 0 Å². The number of hydrogen-bond donors (Lipinski definition) is 2. The van der Waals surface area contributed by atoms with Gasteiger partial charge < -0.3 is 14.8 Å². The van der Waals surface area contributed by atoms with Crippen molar-refractivity contribution in [3.8, 4) is 0 Å². The zero-order valence-electron chi connectivity index (χ0n) is 8.87. The van der Waals surface area contributed by atoms with E-state index >= 15 is 0 Å². The Kier molecular flexibility index (Phi) is 2.77. The van der Waals surface area contributed by atoms with E-state index in [0.717, 1.165) is 12.8 Å². The summed E-state index contributed by atoms with van der Waals surface area (Å²) in [6.07, 6.45) is 2.06. The number of aliphatic hydroxyl groups is 1. The molecule has 1 aliphatic rings. The van der Waals surface area contributed by atoms with Crippen molar-refractivity contribution in [1.29, 1.82) is 0 Å². The van der Waals surface area contributed by atoms with Gasteiger partial charge in [0.2, 0.25) is 0 Å². The second kappa shape index (κ2) is 3.26. The standard InChI is InChI=1S/C9H19BO3/c1-8(2,11)9(3,4)13-10(12)7-5-6-7/h7,11-12H,5-6H2,1-4H3. The molecule has 0 bridgehead atoms. The van der Waals surface area contributed by atoms with E-state index in [1.807, 2.05) is 0 Å². The molecule has 0 unspecified atom stereocenters. The monoisotopic (exact) mass is 186 g/mol. The summed E-state index contributed by atoms with van der Waals surface area (Å²) in [5, 5.41) is 19.3. The summed E-state index contributed by atoms with van der Waals surface area (Å²) < 4.78 is 5.43. The first-order valence-electron chi connectivity index (χ1n) is 4.82. The van der Waals surface area contributed by atoms with E-state index in [1.165, 1.54) is 0 Å². The lowest BCUT2D eigenvalue weighted by molar-refractivity contribution is -0.100. The van der Waals surface area contributed by atoms with Crippen LogP contribution in [0.1, 0.15) is 40.5 Å². The Balaban J connectivity index is 2.49. The van der Waals surface area contributed by atoms with Crippen molar-refractivity contribution in [3.05, 3.63) is 0 Å². The van der Waals surface area contributed by atoms with Gasteiger partial charge in [-0.3, -0.25) is 0 Å². The summed E-state index contributed by atoms with van der Waals surface area (Å²) in [6, 6.07) is 0. The second-order valence-corrected chi connectivity index (χ2v) is 4.92. The van der Waals surface area contributed by atoms with Crippen LogP contribution < -0.4 is 0 Å². The van der Waals surface area contributed by atoms with Crippen molar-refractivity contribution in [2.45, 2.75) is 57.6 Å². The predicted molar refractivity (Wildman–Crippen MR) is 52.4 cm³/mol. The van der Waals surface area contributed by atoms with Crippen molar-refractivity contribution in [1.82, 2.24) is 0 Å². The van der Waals surface area contributed by atoms with Gasteiger partial charge in [-0.1, -0.05) is 12.8 Å². The quantitative estimate of drug-likeness (QED) is 0.648. The molecule has 13 heavy (non-hydrogen) atoms. The summed E-state index contributed by atoms with van der Waals surface area (Å²) in [5.41, 5.74) is -1.65. The molecule has 0 aromatic heterocycles. The SMILES string of the molecule is CC(C)(O)C(C)(C)OB(O)C1CC1. The molecule has 0 atom stereocenters. The lowest BCUT2D eigenvalue weighted by Gasteiger charge is -2.38. The van der Waals surface area contributed by atoms with Crippen LogP contribution in [0.3, 0.4) is 0 Å². The first-order valence-corrected chi connectivity index (χ1v) is 4.82. The molecule has 0 aromatic rings. The van der Waals surface area contributed by atoms with Crippen LogP contribution in [0, 0.1) is 0 Å². The summed E-state index contributed by atoms with van der Waals surface area (Å²) in [5.74, 6) is 0.279. The van der Waals surface area contributed by atoms with Crippen molar-refractivity contribution < 1.29 is 14.8 Å². The van der Waals surface area contributed by atoms with Gasteiger partial charge in [-0.2, -0.15) is 0 Å². The fourth-order valence-corrected chi connectivity index (χ4v) is 0.924. The van der Waals surface area contributed by atoms with E-state index in [9.17, 15) is 10.1 Å². The fraction of sp³-hybridized carbons (Fsp3) is 1.00. The van der Waals surface area contributed by atoms with E-state index in [-0.39, 0.29) is 5.82 Å². The van der Waals surface area contributed by atoms with Gasteiger partial charge in [0.25, 0.3) is 0 Å². The topological polar surface area (TPSA) is 49.7 Å². The third-order valence-corrected chi connectivity index (χ3v) is 2.91. The molecule has 76 valence electrons. The average molecular weight is 186 g/mol. The molecular formula is C9H19BO3. The average Bonchev–Trinajstić information content (AvgIpc) is 2.62. The van der Waals surface area contributed by atoms with Gasteiger partial charge in [0.15, 0.2) is 0 Å². The highest BCUT2D eigenvalue weighted by Gasteiger charge is 2.44. The van der Waals surface area contributed by atoms with Gasteiger partial charge in [0.05, 0.1) is 11.2 Å². The Morgan fingerprint density at radius 2 is 1.69 bits per heavy atom. The first-order chi connectivity index (χ1) is 5.74. The highest BCUT2D eigenvalue weighted by atomic mass is 16.5. The van der Waals surface area contributed by atoms with Crippen LogP contribution in [0.5, 0.6) is 0 Å². The van der Waals surface area contributed by atoms with Crippen LogP contribution in [0.2, 0.25) is 5.82 Å². The largest absolute Gasteiger partial charge is 0.457 e. The van der Waals surface area contributed by atoms with Crippen molar-refractivity contribution in [2.24, 2.45) is 0 Å². The van der Waals surface area contributed by atoms with Gasteiger partial charge in [0, 0.05) is 0 Å². The molecule has 1 saturated carbocycles. The Bertz CT molecular complexity index is 182. The van der Waals surface area contributed by atoms with Crippen molar-refractivity contribution in [2.75, 3.05) is 0 Å². The van der Waals surface area contributed by atoms with Gasteiger partial charge in [0.1, 0.15) is 0 Å². The molecule has 0 aliphatic heterocycles. The lowest BCUT2D eigenvalue weighted by atomic mass is 9.79. The highest BCUT2D eigenvalue weighted by molar-refractivity contribution is 6.46. The van der Waals surface area contributed by atoms with E-state index < -0.39 is 18.3 Å². The van der Waals surface area contributed by atoms with Gasteiger partial charge in [-0.05, 0) is 33.5 Å². The summed E-state index contributed by atoms with van der Waals surface area (Å²) in [4.78, 5) is 0.